The van der Waals surface area contributed by atoms with E-state index in [2.05, 4.69) is 17.6 Å². The van der Waals surface area contributed by atoms with E-state index in [1.54, 1.807) is 6.07 Å². The van der Waals surface area contributed by atoms with Crippen LogP contribution >= 0.6 is 0 Å². The molecule has 0 saturated carbocycles. The first-order chi connectivity index (χ1) is 8.97. The zero-order chi connectivity index (χ0) is 14.0. The van der Waals surface area contributed by atoms with Gasteiger partial charge >= 0.3 is 0 Å². The molecule has 1 saturated heterocycles. The van der Waals surface area contributed by atoms with Gasteiger partial charge in [-0.25, -0.2) is 0 Å². The third-order valence-electron chi connectivity index (χ3n) is 3.80. The molecule has 0 aliphatic carbocycles. The molecular formula is C15H22N2O2. The number of phenolic OH excluding ortho intramolecular Hbond substituents is 1. The number of aryl methyl sites for hydroxylation is 2. The molecule has 4 heteroatoms. The highest BCUT2D eigenvalue weighted by molar-refractivity contribution is 5.93. The van der Waals surface area contributed by atoms with Gasteiger partial charge in [0.1, 0.15) is 5.75 Å². The Morgan fingerprint density at radius 1 is 1.37 bits per heavy atom. The van der Waals surface area contributed by atoms with Crippen LogP contribution in [0.15, 0.2) is 12.1 Å². The van der Waals surface area contributed by atoms with Crippen molar-refractivity contribution in [3.8, 4) is 5.75 Å². The van der Waals surface area contributed by atoms with Crippen LogP contribution in [-0.4, -0.2) is 23.6 Å². The average Bonchev–Trinajstić information content (AvgIpc) is 2.36. The number of hydrogen-bond acceptors (Lipinski definition) is 3. The molecule has 19 heavy (non-hydrogen) atoms. The van der Waals surface area contributed by atoms with E-state index in [1.807, 2.05) is 19.9 Å². The Labute approximate surface area is 114 Å². The van der Waals surface area contributed by atoms with Crippen molar-refractivity contribution >= 4 is 11.6 Å². The van der Waals surface area contributed by atoms with E-state index in [4.69, 9.17) is 0 Å². The fourth-order valence-electron chi connectivity index (χ4n) is 2.54. The highest BCUT2D eigenvalue weighted by Gasteiger charge is 2.25. The van der Waals surface area contributed by atoms with E-state index >= 15 is 0 Å². The Morgan fingerprint density at radius 2 is 2.11 bits per heavy atom. The molecule has 1 fully saturated rings. The summed E-state index contributed by atoms with van der Waals surface area (Å²) < 4.78 is 0. The summed E-state index contributed by atoms with van der Waals surface area (Å²) in [5.41, 5.74) is 2.46. The van der Waals surface area contributed by atoms with Crippen molar-refractivity contribution in [1.29, 1.82) is 0 Å². The second-order valence-electron chi connectivity index (χ2n) is 5.52. The molecule has 0 bridgehead atoms. The number of hydrogen-bond donors (Lipinski definition) is 3. The fourth-order valence-corrected chi connectivity index (χ4v) is 2.54. The standard InChI is InChI=1S/C15H22N2O2/c1-9-7-14(18)10(2)6-13(9)17-15(19)12-4-5-16-11(3)8-12/h6-7,11-12,16,18H,4-5,8H2,1-3H3,(H,17,19). The molecule has 1 aliphatic heterocycles. The molecule has 0 radical (unpaired) electrons. The lowest BCUT2D eigenvalue weighted by molar-refractivity contribution is -0.120. The third-order valence-corrected chi connectivity index (χ3v) is 3.80. The molecule has 1 heterocycles. The van der Waals surface area contributed by atoms with Crippen LogP contribution in [0, 0.1) is 19.8 Å². The maximum atomic E-state index is 12.3. The summed E-state index contributed by atoms with van der Waals surface area (Å²) in [4.78, 5) is 12.3. The number of carbonyl (C=O) groups excluding carboxylic acids is 1. The third kappa shape index (κ3) is 3.26. The minimum Gasteiger partial charge on any atom is -0.508 e. The first-order valence-electron chi connectivity index (χ1n) is 6.82. The van der Waals surface area contributed by atoms with Gasteiger partial charge in [0.05, 0.1) is 0 Å². The van der Waals surface area contributed by atoms with Crippen molar-refractivity contribution in [1.82, 2.24) is 5.32 Å². The first-order valence-corrected chi connectivity index (χ1v) is 6.82. The van der Waals surface area contributed by atoms with Crippen molar-refractivity contribution in [2.24, 2.45) is 5.92 Å². The monoisotopic (exact) mass is 262 g/mol. The maximum Gasteiger partial charge on any atom is 0.227 e. The first kappa shape index (κ1) is 13.9. The molecule has 1 amide bonds. The highest BCUT2D eigenvalue weighted by atomic mass is 16.3. The van der Waals surface area contributed by atoms with Gasteiger partial charge in [0, 0.05) is 17.6 Å². The molecule has 2 unspecified atom stereocenters. The van der Waals surface area contributed by atoms with Gasteiger partial charge in [0.25, 0.3) is 0 Å². The van der Waals surface area contributed by atoms with Crippen molar-refractivity contribution in [2.75, 3.05) is 11.9 Å². The summed E-state index contributed by atoms with van der Waals surface area (Å²) in [7, 11) is 0. The number of piperidine rings is 1. The van der Waals surface area contributed by atoms with Crippen LogP contribution in [0.4, 0.5) is 5.69 Å². The maximum absolute atomic E-state index is 12.3. The second kappa shape index (κ2) is 5.61. The lowest BCUT2D eigenvalue weighted by atomic mass is 9.92. The number of amides is 1. The molecule has 2 rings (SSSR count). The molecule has 2 atom stereocenters. The average molecular weight is 262 g/mol. The number of rotatable bonds is 2. The number of carbonyl (C=O) groups is 1. The molecular weight excluding hydrogens is 240 g/mol. The molecule has 3 N–H and O–H groups in total. The molecule has 104 valence electrons. The van der Waals surface area contributed by atoms with Gasteiger partial charge in [-0.3, -0.25) is 4.79 Å². The van der Waals surface area contributed by atoms with Crippen LogP contribution in [0.2, 0.25) is 0 Å². The van der Waals surface area contributed by atoms with Crippen molar-refractivity contribution in [2.45, 2.75) is 39.7 Å². The van der Waals surface area contributed by atoms with E-state index in [0.29, 0.717) is 6.04 Å². The van der Waals surface area contributed by atoms with Crippen LogP contribution < -0.4 is 10.6 Å². The van der Waals surface area contributed by atoms with Crippen LogP contribution in [0.3, 0.4) is 0 Å². The van der Waals surface area contributed by atoms with E-state index in [9.17, 15) is 9.90 Å². The molecule has 1 aromatic carbocycles. The lowest BCUT2D eigenvalue weighted by Gasteiger charge is -2.27. The zero-order valence-electron chi connectivity index (χ0n) is 11.8. The van der Waals surface area contributed by atoms with Gasteiger partial charge in [-0.05, 0) is 63.4 Å². The smallest absolute Gasteiger partial charge is 0.227 e. The topological polar surface area (TPSA) is 61.4 Å². The molecule has 1 aromatic rings. The highest BCUT2D eigenvalue weighted by Crippen LogP contribution is 2.26. The van der Waals surface area contributed by atoms with Gasteiger partial charge in [-0.2, -0.15) is 0 Å². The van der Waals surface area contributed by atoms with Gasteiger partial charge < -0.3 is 15.7 Å². The minimum atomic E-state index is 0.0739. The SMILES string of the molecule is Cc1cc(NC(=O)C2CCNC(C)C2)c(C)cc1O. The summed E-state index contributed by atoms with van der Waals surface area (Å²) >= 11 is 0. The van der Waals surface area contributed by atoms with Crippen LogP contribution in [0.5, 0.6) is 5.75 Å². The Balaban J connectivity index is 2.08. The predicted molar refractivity (Wildman–Crippen MR) is 76.4 cm³/mol. The number of phenols is 1. The Morgan fingerprint density at radius 3 is 2.79 bits per heavy atom. The van der Waals surface area contributed by atoms with Gasteiger partial charge in [-0.15, -0.1) is 0 Å². The normalized spacial score (nSPS) is 23.1. The molecule has 0 aromatic heterocycles. The van der Waals surface area contributed by atoms with E-state index < -0.39 is 0 Å². The number of nitrogens with one attached hydrogen (secondary N) is 2. The van der Waals surface area contributed by atoms with Crippen molar-refractivity contribution in [3.05, 3.63) is 23.3 Å². The zero-order valence-corrected chi connectivity index (χ0v) is 11.8. The summed E-state index contributed by atoms with van der Waals surface area (Å²) in [5.74, 6) is 0.428. The predicted octanol–water partition coefficient (Wildman–Crippen LogP) is 2.34. The summed E-state index contributed by atoms with van der Waals surface area (Å²) in [6, 6.07) is 3.91. The summed E-state index contributed by atoms with van der Waals surface area (Å²) in [6.45, 7) is 6.72. The largest absolute Gasteiger partial charge is 0.508 e. The van der Waals surface area contributed by atoms with Crippen LogP contribution in [0.1, 0.15) is 30.9 Å². The van der Waals surface area contributed by atoms with Gasteiger partial charge in [-0.1, -0.05) is 0 Å². The number of benzene rings is 1. The van der Waals surface area contributed by atoms with E-state index in [0.717, 1.165) is 36.2 Å². The Kier molecular flexibility index (Phi) is 4.10. The van der Waals surface area contributed by atoms with Crippen LogP contribution in [0.25, 0.3) is 0 Å². The van der Waals surface area contributed by atoms with Gasteiger partial charge in [0.15, 0.2) is 0 Å². The number of anilines is 1. The lowest BCUT2D eigenvalue weighted by Crippen LogP contribution is -2.40. The second-order valence-corrected chi connectivity index (χ2v) is 5.52. The van der Waals surface area contributed by atoms with Crippen LogP contribution in [-0.2, 0) is 4.79 Å². The summed E-state index contributed by atoms with van der Waals surface area (Å²) in [5, 5.41) is 16.0. The van der Waals surface area contributed by atoms with E-state index in [-0.39, 0.29) is 17.6 Å². The Hall–Kier alpha value is -1.55. The minimum absolute atomic E-state index is 0.0739. The molecule has 0 spiro atoms. The van der Waals surface area contributed by atoms with Crippen molar-refractivity contribution in [3.63, 3.8) is 0 Å². The number of aromatic hydroxyl groups is 1. The van der Waals surface area contributed by atoms with Crippen molar-refractivity contribution < 1.29 is 9.90 Å². The van der Waals surface area contributed by atoms with E-state index in [1.165, 1.54) is 0 Å². The fraction of sp³-hybridized carbons (Fsp3) is 0.533. The quantitative estimate of drug-likeness (QED) is 0.717. The van der Waals surface area contributed by atoms with Gasteiger partial charge in [0.2, 0.25) is 5.91 Å². The molecule has 4 nitrogen and oxygen atoms in total. The summed E-state index contributed by atoms with van der Waals surface area (Å²) in [6.07, 6.45) is 1.76. The Bertz CT molecular complexity index is 485. The molecule has 1 aliphatic rings.